The fourth-order valence-electron chi connectivity index (χ4n) is 2.13. The van der Waals surface area contributed by atoms with Gasteiger partial charge < -0.3 is 24.6 Å². The van der Waals surface area contributed by atoms with Crippen LogP contribution in [0.1, 0.15) is 0 Å². The van der Waals surface area contributed by atoms with E-state index in [-0.39, 0.29) is 6.03 Å². The highest BCUT2D eigenvalue weighted by Gasteiger charge is 2.19. The third-order valence-corrected chi connectivity index (χ3v) is 3.43. The molecule has 0 radical (unpaired) electrons. The lowest BCUT2D eigenvalue weighted by Gasteiger charge is -2.32. The topological polar surface area (TPSA) is 54.0 Å². The van der Waals surface area contributed by atoms with Crippen molar-refractivity contribution in [3.63, 3.8) is 0 Å². The molecule has 2 amide bonds. The van der Waals surface area contributed by atoms with E-state index in [0.29, 0.717) is 17.2 Å². The van der Waals surface area contributed by atoms with E-state index < -0.39 is 0 Å². The molecule has 0 unspecified atom stereocenters. The fourth-order valence-corrected chi connectivity index (χ4v) is 2.13. The number of amides is 2. The molecule has 110 valence electrons. The zero-order valence-electron chi connectivity index (χ0n) is 12.2. The summed E-state index contributed by atoms with van der Waals surface area (Å²) in [6, 6.07) is 5.26. The van der Waals surface area contributed by atoms with Crippen LogP contribution >= 0.6 is 0 Å². The normalized spacial score (nSPS) is 15.8. The quantitative estimate of drug-likeness (QED) is 0.910. The standard InChI is InChI=1S/C14H21N3O3/c1-16-6-8-17(9-7-16)14(18)15-11-4-5-12(19-2)13(10-11)20-3/h4-5,10H,6-9H2,1-3H3,(H,15,18). The third-order valence-electron chi connectivity index (χ3n) is 3.43. The zero-order chi connectivity index (χ0) is 14.5. The lowest BCUT2D eigenvalue weighted by atomic mass is 10.2. The second-order valence-corrected chi connectivity index (χ2v) is 4.79. The monoisotopic (exact) mass is 279 g/mol. The van der Waals surface area contributed by atoms with Gasteiger partial charge in [0.1, 0.15) is 0 Å². The van der Waals surface area contributed by atoms with Gasteiger partial charge in [0.2, 0.25) is 0 Å². The van der Waals surface area contributed by atoms with E-state index in [4.69, 9.17) is 9.47 Å². The van der Waals surface area contributed by atoms with Gasteiger partial charge in [-0.05, 0) is 19.2 Å². The average molecular weight is 279 g/mol. The Balaban J connectivity index is 2.00. The summed E-state index contributed by atoms with van der Waals surface area (Å²) in [4.78, 5) is 16.2. The summed E-state index contributed by atoms with van der Waals surface area (Å²) in [5.74, 6) is 1.24. The van der Waals surface area contributed by atoms with Crippen LogP contribution in [0.25, 0.3) is 0 Å². The SMILES string of the molecule is COc1ccc(NC(=O)N2CCN(C)CC2)cc1OC. The Labute approximate surface area is 119 Å². The van der Waals surface area contributed by atoms with Gasteiger partial charge in [0, 0.05) is 37.9 Å². The number of rotatable bonds is 3. The number of hydrogen-bond acceptors (Lipinski definition) is 4. The van der Waals surface area contributed by atoms with Gasteiger partial charge in [-0.1, -0.05) is 0 Å². The molecule has 20 heavy (non-hydrogen) atoms. The van der Waals surface area contributed by atoms with Gasteiger partial charge in [-0.15, -0.1) is 0 Å². The highest BCUT2D eigenvalue weighted by molar-refractivity contribution is 5.89. The molecule has 0 aliphatic carbocycles. The maximum absolute atomic E-state index is 12.2. The van der Waals surface area contributed by atoms with E-state index in [1.54, 1.807) is 32.4 Å². The number of urea groups is 1. The number of methoxy groups -OCH3 is 2. The highest BCUT2D eigenvalue weighted by Crippen LogP contribution is 2.29. The smallest absolute Gasteiger partial charge is 0.321 e. The number of likely N-dealkylation sites (N-methyl/N-ethyl adjacent to an activating group) is 1. The summed E-state index contributed by atoms with van der Waals surface area (Å²) in [7, 11) is 5.22. The van der Waals surface area contributed by atoms with Crippen molar-refractivity contribution in [2.75, 3.05) is 52.8 Å². The van der Waals surface area contributed by atoms with Gasteiger partial charge in [-0.3, -0.25) is 0 Å². The van der Waals surface area contributed by atoms with E-state index in [0.717, 1.165) is 26.2 Å². The first-order chi connectivity index (χ1) is 9.63. The molecule has 1 aromatic rings. The first kappa shape index (κ1) is 14.5. The Hall–Kier alpha value is -1.95. The average Bonchev–Trinajstić information content (AvgIpc) is 2.47. The van der Waals surface area contributed by atoms with Crippen LogP contribution in [0.3, 0.4) is 0 Å². The van der Waals surface area contributed by atoms with E-state index >= 15 is 0 Å². The number of piperazine rings is 1. The van der Waals surface area contributed by atoms with Gasteiger partial charge in [0.15, 0.2) is 11.5 Å². The molecule has 0 bridgehead atoms. The summed E-state index contributed by atoms with van der Waals surface area (Å²) >= 11 is 0. The van der Waals surface area contributed by atoms with Gasteiger partial charge in [0.05, 0.1) is 14.2 Å². The molecule has 1 saturated heterocycles. The number of carbonyl (C=O) groups is 1. The second-order valence-electron chi connectivity index (χ2n) is 4.79. The lowest BCUT2D eigenvalue weighted by Crippen LogP contribution is -2.48. The molecule has 0 spiro atoms. The largest absolute Gasteiger partial charge is 0.493 e. The maximum atomic E-state index is 12.2. The van der Waals surface area contributed by atoms with Crippen molar-refractivity contribution in [2.24, 2.45) is 0 Å². The molecular formula is C14H21N3O3. The van der Waals surface area contributed by atoms with E-state index in [1.165, 1.54) is 0 Å². The van der Waals surface area contributed by atoms with E-state index in [1.807, 2.05) is 4.90 Å². The minimum absolute atomic E-state index is 0.0784. The summed E-state index contributed by atoms with van der Waals surface area (Å²) in [5.41, 5.74) is 0.701. The van der Waals surface area contributed by atoms with Gasteiger partial charge in [0.25, 0.3) is 0 Å². The van der Waals surface area contributed by atoms with Crippen LogP contribution in [0.15, 0.2) is 18.2 Å². The molecule has 1 heterocycles. The number of hydrogen-bond donors (Lipinski definition) is 1. The molecule has 1 aromatic carbocycles. The first-order valence-corrected chi connectivity index (χ1v) is 6.60. The van der Waals surface area contributed by atoms with Gasteiger partial charge in [-0.25, -0.2) is 4.79 Å². The summed E-state index contributed by atoms with van der Waals surface area (Å²) in [5, 5.41) is 2.89. The molecule has 1 aliphatic rings. The third kappa shape index (κ3) is 3.33. The zero-order valence-corrected chi connectivity index (χ0v) is 12.2. The Morgan fingerprint density at radius 3 is 2.35 bits per heavy atom. The van der Waals surface area contributed by atoms with Crippen molar-refractivity contribution in [2.45, 2.75) is 0 Å². The lowest BCUT2D eigenvalue weighted by molar-refractivity contribution is 0.164. The van der Waals surface area contributed by atoms with Crippen LogP contribution in [0.2, 0.25) is 0 Å². The second kappa shape index (κ2) is 6.47. The van der Waals surface area contributed by atoms with E-state index in [9.17, 15) is 4.79 Å². The number of nitrogens with zero attached hydrogens (tertiary/aromatic N) is 2. The maximum Gasteiger partial charge on any atom is 0.321 e. The minimum Gasteiger partial charge on any atom is -0.493 e. The molecule has 6 nitrogen and oxygen atoms in total. The molecule has 1 N–H and O–H groups in total. The highest BCUT2D eigenvalue weighted by atomic mass is 16.5. The minimum atomic E-state index is -0.0784. The van der Waals surface area contributed by atoms with Crippen LogP contribution in [0.5, 0.6) is 11.5 Å². The molecular weight excluding hydrogens is 258 g/mol. The van der Waals surface area contributed by atoms with E-state index in [2.05, 4.69) is 17.3 Å². The van der Waals surface area contributed by atoms with Crippen molar-refractivity contribution >= 4 is 11.7 Å². The van der Waals surface area contributed by atoms with Crippen molar-refractivity contribution in [3.8, 4) is 11.5 Å². The van der Waals surface area contributed by atoms with Crippen LogP contribution in [0.4, 0.5) is 10.5 Å². The Morgan fingerprint density at radius 1 is 1.10 bits per heavy atom. The Bertz CT molecular complexity index is 471. The number of nitrogens with one attached hydrogen (secondary N) is 1. The predicted molar refractivity (Wildman–Crippen MR) is 77.6 cm³/mol. The van der Waals surface area contributed by atoms with Gasteiger partial charge >= 0.3 is 6.03 Å². The van der Waals surface area contributed by atoms with Crippen molar-refractivity contribution in [3.05, 3.63) is 18.2 Å². The Morgan fingerprint density at radius 2 is 1.75 bits per heavy atom. The molecule has 0 saturated carbocycles. The number of benzene rings is 1. The first-order valence-electron chi connectivity index (χ1n) is 6.60. The number of ether oxygens (including phenoxy) is 2. The van der Waals surface area contributed by atoms with Crippen molar-refractivity contribution in [1.82, 2.24) is 9.80 Å². The fraction of sp³-hybridized carbons (Fsp3) is 0.500. The van der Waals surface area contributed by atoms with Gasteiger partial charge in [-0.2, -0.15) is 0 Å². The van der Waals surface area contributed by atoms with Crippen molar-refractivity contribution in [1.29, 1.82) is 0 Å². The molecule has 6 heteroatoms. The van der Waals surface area contributed by atoms with Crippen LogP contribution in [-0.4, -0.2) is 63.3 Å². The van der Waals surface area contributed by atoms with Crippen molar-refractivity contribution < 1.29 is 14.3 Å². The summed E-state index contributed by atoms with van der Waals surface area (Å²) in [6.45, 7) is 3.30. The molecule has 0 aromatic heterocycles. The number of anilines is 1. The summed E-state index contributed by atoms with van der Waals surface area (Å²) < 4.78 is 10.4. The Kier molecular flexibility index (Phi) is 4.68. The van der Waals surface area contributed by atoms with Crippen LogP contribution in [0, 0.1) is 0 Å². The molecule has 1 fully saturated rings. The molecule has 2 rings (SSSR count). The molecule has 0 atom stereocenters. The van der Waals surface area contributed by atoms with Crippen LogP contribution in [-0.2, 0) is 0 Å². The molecule has 1 aliphatic heterocycles. The summed E-state index contributed by atoms with van der Waals surface area (Å²) in [6.07, 6.45) is 0. The van der Waals surface area contributed by atoms with Crippen LogP contribution < -0.4 is 14.8 Å². The predicted octanol–water partition coefficient (Wildman–Crippen LogP) is 1.48. The number of carbonyl (C=O) groups excluding carboxylic acids is 1.